The first kappa shape index (κ1) is 28.7. The van der Waals surface area contributed by atoms with Gasteiger partial charge in [0.25, 0.3) is 0 Å². The molecule has 3 N–H and O–H groups in total. The SMILES string of the molecule is CN(C(=O)OCc1ccccc1)C(CN1CC[C@H](O[Si](C)(C)C(C)(C)C)C1)c1cccc(C(N)=NO)c1. The number of carbonyl (C=O) groups excluding carboxylic acids is 1. The molecular weight excluding hydrogens is 484 g/mol. The average Bonchev–Trinajstić information content (AvgIpc) is 3.31. The third-order valence-electron chi connectivity index (χ3n) is 7.56. The predicted molar refractivity (Wildman–Crippen MR) is 149 cm³/mol. The maximum atomic E-state index is 13.1. The van der Waals surface area contributed by atoms with Gasteiger partial charge in [-0.3, -0.25) is 4.90 Å². The van der Waals surface area contributed by atoms with E-state index < -0.39 is 14.4 Å². The first-order chi connectivity index (χ1) is 17.4. The predicted octanol–water partition coefficient (Wildman–Crippen LogP) is 5.19. The highest BCUT2D eigenvalue weighted by atomic mass is 28.4. The number of amidine groups is 1. The van der Waals surface area contributed by atoms with Crippen molar-refractivity contribution in [1.29, 1.82) is 0 Å². The first-order valence-electron chi connectivity index (χ1n) is 12.8. The summed E-state index contributed by atoms with van der Waals surface area (Å²) in [5, 5.41) is 12.5. The summed E-state index contributed by atoms with van der Waals surface area (Å²) in [7, 11) is -0.115. The Balaban J connectivity index is 1.77. The number of likely N-dealkylation sites (N-methyl/N-ethyl adjacent to an activating group) is 1. The van der Waals surface area contributed by atoms with Crippen molar-refractivity contribution in [2.75, 3.05) is 26.7 Å². The Morgan fingerprint density at radius 2 is 1.92 bits per heavy atom. The number of rotatable bonds is 9. The number of likely N-dealkylation sites (tertiary alicyclic amines) is 1. The molecule has 1 saturated heterocycles. The molecule has 0 saturated carbocycles. The van der Waals surface area contributed by atoms with Gasteiger partial charge in [-0.2, -0.15) is 0 Å². The minimum Gasteiger partial charge on any atom is -0.445 e. The van der Waals surface area contributed by atoms with E-state index in [1.807, 2.05) is 48.5 Å². The highest BCUT2D eigenvalue weighted by molar-refractivity contribution is 6.74. The van der Waals surface area contributed by atoms with Crippen molar-refractivity contribution in [3.8, 4) is 0 Å². The van der Waals surface area contributed by atoms with Crippen LogP contribution >= 0.6 is 0 Å². The number of oxime groups is 1. The van der Waals surface area contributed by atoms with Gasteiger partial charge in [-0.15, -0.1) is 0 Å². The Labute approximate surface area is 222 Å². The van der Waals surface area contributed by atoms with Gasteiger partial charge in [-0.05, 0) is 41.7 Å². The van der Waals surface area contributed by atoms with Crippen molar-refractivity contribution >= 4 is 20.2 Å². The van der Waals surface area contributed by atoms with E-state index in [1.54, 1.807) is 18.0 Å². The van der Waals surface area contributed by atoms with Crippen LogP contribution in [0.3, 0.4) is 0 Å². The van der Waals surface area contributed by atoms with Crippen LogP contribution in [0.5, 0.6) is 0 Å². The number of nitrogens with zero attached hydrogens (tertiary/aromatic N) is 3. The van der Waals surface area contributed by atoms with Crippen LogP contribution in [0, 0.1) is 0 Å². The summed E-state index contributed by atoms with van der Waals surface area (Å²) in [5.74, 6) is 0.0268. The number of nitrogens with two attached hydrogens (primary N) is 1. The van der Waals surface area contributed by atoms with Gasteiger partial charge < -0.3 is 25.0 Å². The number of amides is 1. The van der Waals surface area contributed by atoms with Gasteiger partial charge >= 0.3 is 6.09 Å². The molecule has 1 heterocycles. The Kier molecular flexibility index (Phi) is 9.39. The summed E-state index contributed by atoms with van der Waals surface area (Å²) in [6, 6.07) is 16.8. The molecule has 1 aliphatic heterocycles. The highest BCUT2D eigenvalue weighted by Crippen LogP contribution is 2.38. The maximum absolute atomic E-state index is 13.1. The van der Waals surface area contributed by atoms with E-state index in [9.17, 15) is 4.79 Å². The van der Waals surface area contributed by atoms with Crippen LogP contribution in [0.2, 0.25) is 18.1 Å². The zero-order valence-corrected chi connectivity index (χ0v) is 24.0. The molecule has 1 aliphatic rings. The van der Waals surface area contributed by atoms with Gasteiger partial charge in [0, 0.05) is 32.2 Å². The molecule has 37 heavy (non-hydrogen) atoms. The monoisotopic (exact) mass is 526 g/mol. The largest absolute Gasteiger partial charge is 0.445 e. The molecule has 1 amide bonds. The molecule has 0 bridgehead atoms. The number of hydrogen-bond donors (Lipinski definition) is 2. The Bertz CT molecular complexity index is 1070. The van der Waals surface area contributed by atoms with Crippen molar-refractivity contribution in [3.05, 3.63) is 71.3 Å². The van der Waals surface area contributed by atoms with Gasteiger partial charge in [-0.1, -0.05) is 74.5 Å². The molecule has 202 valence electrons. The summed E-state index contributed by atoms with van der Waals surface area (Å²) < 4.78 is 12.3. The van der Waals surface area contributed by atoms with E-state index in [4.69, 9.17) is 20.1 Å². The average molecular weight is 527 g/mol. The van der Waals surface area contributed by atoms with E-state index >= 15 is 0 Å². The fourth-order valence-corrected chi connectivity index (χ4v) is 5.64. The lowest BCUT2D eigenvalue weighted by molar-refractivity contribution is 0.0819. The number of ether oxygens (including phenoxy) is 1. The summed E-state index contributed by atoms with van der Waals surface area (Å²) >= 11 is 0. The van der Waals surface area contributed by atoms with Crippen molar-refractivity contribution in [1.82, 2.24) is 9.80 Å². The lowest BCUT2D eigenvalue weighted by Gasteiger charge is -2.38. The number of benzene rings is 2. The second kappa shape index (κ2) is 12.1. The first-order valence-corrected chi connectivity index (χ1v) is 15.7. The Morgan fingerprint density at radius 1 is 1.22 bits per heavy atom. The molecule has 3 rings (SSSR count). The second-order valence-corrected chi connectivity index (χ2v) is 16.1. The lowest BCUT2D eigenvalue weighted by Crippen LogP contribution is -2.45. The molecule has 0 radical (unpaired) electrons. The lowest BCUT2D eigenvalue weighted by atomic mass is 10.0. The molecule has 2 aromatic rings. The molecule has 8 nitrogen and oxygen atoms in total. The summed E-state index contributed by atoms with van der Waals surface area (Å²) in [6.07, 6.45) is 0.739. The van der Waals surface area contributed by atoms with Crippen LogP contribution in [0.4, 0.5) is 4.79 Å². The van der Waals surface area contributed by atoms with Crippen LogP contribution in [-0.2, 0) is 15.8 Å². The Morgan fingerprint density at radius 3 is 2.57 bits per heavy atom. The zero-order valence-electron chi connectivity index (χ0n) is 23.0. The van der Waals surface area contributed by atoms with Crippen molar-refractivity contribution < 1.29 is 19.2 Å². The van der Waals surface area contributed by atoms with Crippen LogP contribution in [0.25, 0.3) is 0 Å². The topological polar surface area (TPSA) is 101 Å². The van der Waals surface area contributed by atoms with Gasteiger partial charge in [0.15, 0.2) is 14.2 Å². The van der Waals surface area contributed by atoms with E-state index in [0.717, 1.165) is 30.6 Å². The van der Waals surface area contributed by atoms with Crippen molar-refractivity contribution in [2.24, 2.45) is 10.9 Å². The fraction of sp³-hybridized carbons (Fsp3) is 0.500. The summed E-state index contributed by atoms with van der Waals surface area (Å²) in [5.41, 5.74) is 8.27. The molecular formula is C28H42N4O4Si. The fourth-order valence-electron chi connectivity index (χ4n) is 4.26. The minimum absolute atomic E-state index is 0.0268. The second-order valence-electron chi connectivity index (χ2n) is 11.3. The number of carbonyl (C=O) groups is 1. The molecule has 1 fully saturated rings. The van der Waals surface area contributed by atoms with Gasteiger partial charge in [0.05, 0.1) is 12.1 Å². The number of hydrogen-bond acceptors (Lipinski definition) is 6. The van der Waals surface area contributed by atoms with Gasteiger partial charge in [-0.25, -0.2) is 4.79 Å². The summed E-state index contributed by atoms with van der Waals surface area (Å²) in [4.78, 5) is 17.1. The molecule has 1 unspecified atom stereocenters. The van der Waals surface area contributed by atoms with Crippen LogP contribution in [0.15, 0.2) is 59.8 Å². The summed E-state index contributed by atoms with van der Waals surface area (Å²) in [6.45, 7) is 13.9. The molecule has 0 spiro atoms. The van der Waals surface area contributed by atoms with Crippen LogP contribution in [-0.4, -0.2) is 68.0 Å². The minimum atomic E-state index is -1.87. The zero-order chi connectivity index (χ0) is 27.2. The molecule has 9 heteroatoms. The maximum Gasteiger partial charge on any atom is 0.410 e. The van der Waals surface area contributed by atoms with Crippen molar-refractivity contribution in [3.63, 3.8) is 0 Å². The smallest absolute Gasteiger partial charge is 0.410 e. The highest BCUT2D eigenvalue weighted by Gasteiger charge is 2.41. The molecule has 2 aromatic carbocycles. The quantitative estimate of drug-likeness (QED) is 0.153. The van der Waals surface area contributed by atoms with Crippen LogP contribution in [0.1, 0.15) is 49.9 Å². The van der Waals surface area contributed by atoms with E-state index in [2.05, 4.69) is 43.9 Å². The standard InChI is InChI=1S/C28H42N4O4Si/c1-28(2,3)37(5,6)36-24-15-16-32(18-24)19-25(22-13-10-14-23(17-22)26(29)30-34)31(4)27(33)35-20-21-11-8-7-9-12-21/h7-14,17,24-25,34H,15-16,18-20H2,1-6H3,(H2,29,30)/t24-,25?/m0/s1. The molecule has 0 aliphatic carbocycles. The van der Waals surface area contributed by atoms with E-state index in [1.165, 1.54) is 0 Å². The van der Waals surface area contributed by atoms with Crippen molar-refractivity contribution in [2.45, 2.75) is 64.1 Å². The van der Waals surface area contributed by atoms with Gasteiger partial charge in [0.1, 0.15) is 6.61 Å². The third-order valence-corrected chi connectivity index (χ3v) is 12.1. The third kappa shape index (κ3) is 7.56. The molecule has 2 atom stereocenters. The van der Waals surface area contributed by atoms with Gasteiger partial charge in [0.2, 0.25) is 0 Å². The molecule has 0 aromatic heterocycles. The van der Waals surface area contributed by atoms with Crippen LogP contribution < -0.4 is 5.73 Å². The normalized spacial score (nSPS) is 18.0. The van der Waals surface area contributed by atoms with E-state index in [-0.39, 0.29) is 29.6 Å². The van der Waals surface area contributed by atoms with E-state index in [0.29, 0.717) is 12.1 Å². The Hall–Kier alpha value is -2.88.